The maximum atomic E-state index is 13.4. The van der Waals surface area contributed by atoms with Gasteiger partial charge in [0.2, 0.25) is 0 Å². The van der Waals surface area contributed by atoms with Crippen LogP contribution in [0.3, 0.4) is 0 Å². The van der Waals surface area contributed by atoms with Gasteiger partial charge in [0.1, 0.15) is 17.2 Å². The summed E-state index contributed by atoms with van der Waals surface area (Å²) in [6, 6.07) is 30.1. The molecule has 0 unspecified atom stereocenters. The molecule has 41 heavy (non-hydrogen) atoms. The van der Waals surface area contributed by atoms with Crippen LogP contribution in [0.2, 0.25) is 0 Å². The number of ether oxygens (including phenoxy) is 2. The molecule has 208 valence electrons. The van der Waals surface area contributed by atoms with Gasteiger partial charge in [0.15, 0.2) is 5.78 Å². The zero-order valence-electron chi connectivity index (χ0n) is 22.8. The second-order valence-corrected chi connectivity index (χ2v) is 9.82. The number of nitrogens with one attached hydrogen (secondary N) is 2. The fourth-order valence-corrected chi connectivity index (χ4v) is 4.73. The number of Topliss-reactive ketones (excluding diaryl/α,β-unsaturated/α-hetero) is 1. The van der Waals surface area contributed by atoms with Crippen molar-refractivity contribution in [3.05, 3.63) is 126 Å². The number of benzene rings is 4. The minimum atomic E-state index is -0.507. The molecule has 0 heterocycles. The van der Waals surface area contributed by atoms with E-state index in [0.29, 0.717) is 34.7 Å². The van der Waals surface area contributed by atoms with Crippen LogP contribution in [0.1, 0.15) is 33.2 Å². The van der Waals surface area contributed by atoms with Crippen LogP contribution in [-0.4, -0.2) is 37.1 Å². The van der Waals surface area contributed by atoms with Gasteiger partial charge in [-0.1, -0.05) is 42.5 Å². The number of anilines is 1. The number of rotatable bonds is 12. The van der Waals surface area contributed by atoms with E-state index in [1.54, 1.807) is 92.0 Å². The molecule has 0 fully saturated rings. The maximum absolute atomic E-state index is 13.4. The summed E-state index contributed by atoms with van der Waals surface area (Å²) in [4.78, 5) is 39.8. The Morgan fingerprint density at radius 1 is 0.829 bits per heavy atom. The van der Waals surface area contributed by atoms with Gasteiger partial charge in [-0.15, -0.1) is 11.8 Å². The molecule has 2 amide bonds. The quantitative estimate of drug-likeness (QED) is 0.116. The summed E-state index contributed by atoms with van der Waals surface area (Å²) in [5, 5.41) is 5.59. The highest BCUT2D eigenvalue weighted by molar-refractivity contribution is 8.00. The number of amides is 2. The van der Waals surface area contributed by atoms with Crippen molar-refractivity contribution >= 4 is 41.1 Å². The Hall–Kier alpha value is -4.82. The van der Waals surface area contributed by atoms with Crippen molar-refractivity contribution < 1.29 is 23.9 Å². The van der Waals surface area contributed by atoms with Gasteiger partial charge in [-0.3, -0.25) is 14.4 Å². The highest BCUT2D eigenvalue weighted by Gasteiger charge is 2.16. The zero-order chi connectivity index (χ0) is 29.0. The number of para-hydroxylation sites is 1. The summed E-state index contributed by atoms with van der Waals surface area (Å²) >= 11 is 1.37. The maximum Gasteiger partial charge on any atom is 0.272 e. The number of ketones is 1. The Bertz CT molecular complexity index is 1540. The summed E-state index contributed by atoms with van der Waals surface area (Å²) in [6.45, 7) is 2.47. The van der Waals surface area contributed by atoms with Crippen LogP contribution in [0.15, 0.2) is 114 Å². The number of hydrogen-bond donors (Lipinski definition) is 2. The van der Waals surface area contributed by atoms with Gasteiger partial charge < -0.3 is 20.1 Å². The number of carbonyl (C=O) groups excluding carboxylic acids is 3. The molecule has 7 nitrogen and oxygen atoms in total. The minimum absolute atomic E-state index is 0.0156. The van der Waals surface area contributed by atoms with Crippen LogP contribution in [0.4, 0.5) is 5.69 Å². The Labute approximate surface area is 243 Å². The summed E-state index contributed by atoms with van der Waals surface area (Å²) in [5.74, 6) is 0.573. The van der Waals surface area contributed by atoms with Crippen LogP contribution in [0.5, 0.6) is 11.5 Å². The van der Waals surface area contributed by atoms with Crippen LogP contribution in [0, 0.1) is 0 Å². The lowest BCUT2D eigenvalue weighted by Crippen LogP contribution is -2.30. The molecule has 0 saturated carbocycles. The number of hydrogen-bond acceptors (Lipinski definition) is 6. The Balaban J connectivity index is 1.48. The molecule has 0 radical (unpaired) electrons. The van der Waals surface area contributed by atoms with Crippen molar-refractivity contribution in [1.29, 1.82) is 0 Å². The van der Waals surface area contributed by atoms with Crippen molar-refractivity contribution in [3.63, 3.8) is 0 Å². The molecule has 0 atom stereocenters. The largest absolute Gasteiger partial charge is 0.496 e. The van der Waals surface area contributed by atoms with Gasteiger partial charge in [0.25, 0.3) is 11.8 Å². The van der Waals surface area contributed by atoms with Gasteiger partial charge in [-0.2, -0.15) is 0 Å². The lowest BCUT2D eigenvalue weighted by atomic mass is 10.1. The van der Waals surface area contributed by atoms with Crippen molar-refractivity contribution in [3.8, 4) is 11.5 Å². The topological polar surface area (TPSA) is 93.7 Å². The number of thioether (sulfide) groups is 1. The van der Waals surface area contributed by atoms with Gasteiger partial charge in [-0.25, -0.2) is 0 Å². The predicted octanol–water partition coefficient (Wildman–Crippen LogP) is 6.48. The highest BCUT2D eigenvalue weighted by atomic mass is 32.2. The lowest BCUT2D eigenvalue weighted by molar-refractivity contribution is -0.113. The fraction of sp³-hybridized carbons (Fsp3) is 0.121. The summed E-state index contributed by atoms with van der Waals surface area (Å²) in [7, 11) is 1.54. The first-order valence-corrected chi connectivity index (χ1v) is 14.0. The first-order chi connectivity index (χ1) is 20.0. The normalized spacial score (nSPS) is 10.9. The van der Waals surface area contributed by atoms with Crippen LogP contribution >= 0.6 is 11.8 Å². The predicted molar refractivity (Wildman–Crippen MR) is 163 cm³/mol. The number of carbonyl (C=O) groups is 3. The third-order valence-electron chi connectivity index (χ3n) is 5.92. The van der Waals surface area contributed by atoms with Gasteiger partial charge in [-0.05, 0) is 73.7 Å². The van der Waals surface area contributed by atoms with Crippen LogP contribution < -0.4 is 20.1 Å². The fourth-order valence-electron chi connectivity index (χ4n) is 3.88. The average molecular weight is 567 g/mol. The van der Waals surface area contributed by atoms with Gasteiger partial charge in [0, 0.05) is 27.3 Å². The molecular weight excluding hydrogens is 536 g/mol. The Morgan fingerprint density at radius 2 is 1.56 bits per heavy atom. The van der Waals surface area contributed by atoms with E-state index < -0.39 is 11.8 Å². The zero-order valence-corrected chi connectivity index (χ0v) is 23.6. The molecule has 0 saturated heterocycles. The van der Waals surface area contributed by atoms with E-state index in [1.807, 2.05) is 31.2 Å². The molecule has 0 bridgehead atoms. The molecule has 4 aromatic rings. The Morgan fingerprint density at radius 3 is 2.29 bits per heavy atom. The minimum Gasteiger partial charge on any atom is -0.496 e. The standard InChI is InChI=1S/C33H30N2O5S/c1-3-40-27-18-16-23(17-19-27)30(36)22-41-28-14-9-13-26(21-28)34-33(38)29(20-25-12-7-8-15-31(25)39-2)35-32(37)24-10-5-4-6-11-24/h4-21H,3,22H2,1-2H3,(H,34,38)(H,35,37)/b29-20-. The third kappa shape index (κ3) is 8.33. The van der Waals surface area contributed by atoms with E-state index in [0.717, 1.165) is 10.6 Å². The summed E-state index contributed by atoms with van der Waals surface area (Å²) < 4.78 is 10.9. The second-order valence-electron chi connectivity index (χ2n) is 8.77. The average Bonchev–Trinajstić information content (AvgIpc) is 3.01. The molecule has 4 rings (SSSR count). The molecule has 0 aliphatic heterocycles. The first-order valence-electron chi connectivity index (χ1n) is 13.0. The molecule has 2 N–H and O–H groups in total. The van der Waals surface area contributed by atoms with E-state index in [1.165, 1.54) is 11.8 Å². The molecule has 8 heteroatoms. The Kier molecular flexibility index (Phi) is 10.3. The van der Waals surface area contributed by atoms with Crippen LogP contribution in [-0.2, 0) is 4.79 Å². The number of methoxy groups -OCH3 is 1. The smallest absolute Gasteiger partial charge is 0.272 e. The van der Waals surface area contributed by atoms with Crippen molar-refractivity contribution in [1.82, 2.24) is 5.32 Å². The van der Waals surface area contributed by atoms with E-state index in [4.69, 9.17) is 9.47 Å². The van der Waals surface area contributed by atoms with E-state index in [2.05, 4.69) is 10.6 Å². The first kappa shape index (κ1) is 29.2. The summed E-state index contributed by atoms with van der Waals surface area (Å²) in [5.41, 5.74) is 2.22. The SMILES string of the molecule is CCOc1ccc(C(=O)CSc2cccc(NC(=O)/C(=C/c3ccccc3OC)NC(=O)c3ccccc3)c2)cc1. The summed E-state index contributed by atoms with van der Waals surface area (Å²) in [6.07, 6.45) is 1.57. The lowest BCUT2D eigenvalue weighted by Gasteiger charge is -2.13. The molecule has 0 aliphatic rings. The third-order valence-corrected chi connectivity index (χ3v) is 6.91. The van der Waals surface area contributed by atoms with E-state index in [-0.39, 0.29) is 17.2 Å². The molecular formula is C33H30N2O5S. The van der Waals surface area contributed by atoms with Crippen LogP contribution in [0.25, 0.3) is 6.08 Å². The van der Waals surface area contributed by atoms with Crippen molar-refractivity contribution in [2.75, 3.05) is 24.8 Å². The second kappa shape index (κ2) is 14.5. The van der Waals surface area contributed by atoms with Gasteiger partial charge in [0.05, 0.1) is 19.5 Å². The molecule has 0 aromatic heterocycles. The molecule has 4 aromatic carbocycles. The molecule has 0 aliphatic carbocycles. The van der Waals surface area contributed by atoms with E-state index in [9.17, 15) is 14.4 Å². The van der Waals surface area contributed by atoms with E-state index >= 15 is 0 Å². The monoisotopic (exact) mass is 566 g/mol. The van der Waals surface area contributed by atoms with Crippen molar-refractivity contribution in [2.45, 2.75) is 11.8 Å². The van der Waals surface area contributed by atoms with Crippen molar-refractivity contribution in [2.24, 2.45) is 0 Å². The van der Waals surface area contributed by atoms with Gasteiger partial charge >= 0.3 is 0 Å². The molecule has 0 spiro atoms. The highest BCUT2D eigenvalue weighted by Crippen LogP contribution is 2.25.